The van der Waals surface area contributed by atoms with E-state index in [0.29, 0.717) is 11.7 Å². The van der Waals surface area contributed by atoms with E-state index in [1.54, 1.807) is 4.68 Å². The fourth-order valence-corrected chi connectivity index (χ4v) is 1.07. The minimum Gasteiger partial charge on any atom is -0.329 e. The number of nitrogens with one attached hydrogen (secondary N) is 1. The first-order valence-electron chi connectivity index (χ1n) is 3.83. The van der Waals surface area contributed by atoms with Crippen LogP contribution in [0.3, 0.4) is 0 Å². The number of aromatic nitrogens is 2. The van der Waals surface area contributed by atoms with Crippen LogP contribution in [0.5, 0.6) is 0 Å². The second kappa shape index (κ2) is 4.45. The maximum absolute atomic E-state index is 5.79. The summed E-state index contributed by atoms with van der Waals surface area (Å²) in [6.45, 7) is 2.16. The van der Waals surface area contributed by atoms with Crippen molar-refractivity contribution < 1.29 is 0 Å². The number of aryl methyl sites for hydroxylation is 1. The molecule has 12 heavy (non-hydrogen) atoms. The van der Waals surface area contributed by atoms with Crippen molar-refractivity contribution in [2.24, 2.45) is 12.8 Å². The molecule has 1 aromatic rings. The quantitative estimate of drug-likeness (QED) is 0.661. The Morgan fingerprint density at radius 3 is 3.00 bits per heavy atom. The van der Waals surface area contributed by atoms with Crippen LogP contribution in [0.4, 0.5) is 0 Å². The van der Waals surface area contributed by atoms with Crippen molar-refractivity contribution in [2.45, 2.75) is 6.54 Å². The third kappa shape index (κ3) is 2.48. The van der Waals surface area contributed by atoms with Crippen LogP contribution < -0.4 is 11.1 Å². The lowest BCUT2D eigenvalue weighted by Crippen LogP contribution is -2.22. The molecule has 0 saturated carbocycles. The van der Waals surface area contributed by atoms with Gasteiger partial charge in [-0.3, -0.25) is 4.68 Å². The predicted octanol–water partition coefficient (Wildman–Crippen LogP) is 0.122. The second-order valence-electron chi connectivity index (χ2n) is 2.55. The Kier molecular flexibility index (Phi) is 3.52. The van der Waals surface area contributed by atoms with Crippen molar-refractivity contribution in [3.8, 4) is 0 Å². The topological polar surface area (TPSA) is 55.9 Å². The molecule has 68 valence electrons. The summed E-state index contributed by atoms with van der Waals surface area (Å²) in [6, 6.07) is 1.84. The molecular weight excluding hydrogens is 176 g/mol. The van der Waals surface area contributed by atoms with E-state index in [1.165, 1.54) is 0 Å². The van der Waals surface area contributed by atoms with Crippen molar-refractivity contribution in [2.75, 3.05) is 13.1 Å². The van der Waals surface area contributed by atoms with Gasteiger partial charge in [-0.1, -0.05) is 11.6 Å². The van der Waals surface area contributed by atoms with Crippen molar-refractivity contribution in [1.82, 2.24) is 15.1 Å². The number of nitrogens with two attached hydrogens (primary N) is 1. The minimum absolute atomic E-state index is 0.639. The first-order valence-corrected chi connectivity index (χ1v) is 4.21. The highest BCUT2D eigenvalue weighted by molar-refractivity contribution is 6.29. The van der Waals surface area contributed by atoms with Gasteiger partial charge in [0.2, 0.25) is 0 Å². The Morgan fingerprint density at radius 2 is 2.50 bits per heavy atom. The highest BCUT2D eigenvalue weighted by Gasteiger charge is 2.00. The number of hydrogen-bond donors (Lipinski definition) is 2. The van der Waals surface area contributed by atoms with Gasteiger partial charge < -0.3 is 11.1 Å². The van der Waals surface area contributed by atoms with E-state index in [4.69, 9.17) is 17.3 Å². The molecule has 1 aromatic heterocycles. The third-order valence-corrected chi connectivity index (χ3v) is 1.85. The summed E-state index contributed by atoms with van der Waals surface area (Å²) in [6.07, 6.45) is 0. The molecule has 0 unspecified atom stereocenters. The zero-order chi connectivity index (χ0) is 8.97. The van der Waals surface area contributed by atoms with Crippen LogP contribution in [0, 0.1) is 0 Å². The van der Waals surface area contributed by atoms with Crippen LogP contribution in [0.1, 0.15) is 5.69 Å². The largest absolute Gasteiger partial charge is 0.329 e. The van der Waals surface area contributed by atoms with Crippen molar-refractivity contribution >= 4 is 11.6 Å². The molecule has 5 heteroatoms. The molecule has 0 atom stereocenters. The lowest BCUT2D eigenvalue weighted by atomic mass is 10.4. The van der Waals surface area contributed by atoms with Crippen LogP contribution >= 0.6 is 11.6 Å². The van der Waals surface area contributed by atoms with E-state index >= 15 is 0 Å². The zero-order valence-electron chi connectivity index (χ0n) is 7.05. The molecule has 0 saturated heterocycles. The summed E-state index contributed by atoms with van der Waals surface area (Å²) in [7, 11) is 1.81. The fourth-order valence-electron chi connectivity index (χ4n) is 0.905. The normalized spacial score (nSPS) is 10.6. The number of hydrogen-bond acceptors (Lipinski definition) is 3. The molecular formula is C7H13ClN4. The standard InChI is InChI=1S/C7H13ClN4/c1-12-7(8)4-6(11-12)5-10-3-2-9/h4,10H,2-3,5,9H2,1H3. The number of rotatable bonds is 4. The molecule has 3 N–H and O–H groups in total. The van der Waals surface area contributed by atoms with Crippen LogP contribution in [0.25, 0.3) is 0 Å². The lowest BCUT2D eigenvalue weighted by molar-refractivity contribution is 0.660. The van der Waals surface area contributed by atoms with E-state index in [0.717, 1.165) is 18.8 Å². The highest BCUT2D eigenvalue weighted by atomic mass is 35.5. The van der Waals surface area contributed by atoms with Gasteiger partial charge in [-0.25, -0.2) is 0 Å². The highest BCUT2D eigenvalue weighted by Crippen LogP contribution is 2.08. The molecule has 0 radical (unpaired) electrons. The SMILES string of the molecule is Cn1nc(CNCCN)cc1Cl. The van der Waals surface area contributed by atoms with Gasteiger partial charge in [0, 0.05) is 26.7 Å². The second-order valence-corrected chi connectivity index (χ2v) is 2.93. The summed E-state index contributed by atoms with van der Waals surface area (Å²) in [5, 5.41) is 7.95. The summed E-state index contributed by atoms with van der Waals surface area (Å²) in [4.78, 5) is 0. The molecule has 0 aliphatic rings. The Balaban J connectivity index is 2.42. The van der Waals surface area contributed by atoms with Gasteiger partial charge in [-0.2, -0.15) is 5.10 Å². The molecule has 0 spiro atoms. The van der Waals surface area contributed by atoms with Gasteiger partial charge in [0.05, 0.1) is 5.69 Å². The molecule has 0 aliphatic heterocycles. The van der Waals surface area contributed by atoms with Gasteiger partial charge in [0.1, 0.15) is 5.15 Å². The smallest absolute Gasteiger partial charge is 0.127 e. The summed E-state index contributed by atoms with van der Waals surface area (Å²) in [5.41, 5.74) is 6.25. The van der Waals surface area contributed by atoms with E-state index in [1.807, 2.05) is 13.1 Å². The molecule has 0 bridgehead atoms. The van der Waals surface area contributed by atoms with Gasteiger partial charge in [-0.05, 0) is 6.07 Å². The molecule has 4 nitrogen and oxygen atoms in total. The van der Waals surface area contributed by atoms with Gasteiger partial charge >= 0.3 is 0 Å². The van der Waals surface area contributed by atoms with Gasteiger partial charge in [0.15, 0.2) is 0 Å². The van der Waals surface area contributed by atoms with Gasteiger partial charge in [0.25, 0.3) is 0 Å². The molecule has 0 fully saturated rings. The fraction of sp³-hybridized carbons (Fsp3) is 0.571. The Bertz CT molecular complexity index is 226. The minimum atomic E-state index is 0.639. The van der Waals surface area contributed by atoms with E-state index in [9.17, 15) is 0 Å². The van der Waals surface area contributed by atoms with E-state index < -0.39 is 0 Å². The van der Waals surface area contributed by atoms with Crippen LogP contribution in [0.15, 0.2) is 6.07 Å². The van der Waals surface area contributed by atoms with E-state index in [-0.39, 0.29) is 0 Å². The average Bonchev–Trinajstić information content (AvgIpc) is 2.32. The zero-order valence-corrected chi connectivity index (χ0v) is 7.80. The third-order valence-electron chi connectivity index (χ3n) is 1.50. The lowest BCUT2D eigenvalue weighted by Gasteiger charge is -1.97. The molecule has 1 heterocycles. The number of nitrogens with zero attached hydrogens (tertiary/aromatic N) is 2. The van der Waals surface area contributed by atoms with Crippen molar-refractivity contribution in [3.63, 3.8) is 0 Å². The van der Waals surface area contributed by atoms with Crippen molar-refractivity contribution in [1.29, 1.82) is 0 Å². The first-order chi connectivity index (χ1) is 5.74. The molecule has 0 amide bonds. The molecule has 0 aliphatic carbocycles. The molecule has 0 aromatic carbocycles. The Hall–Kier alpha value is -0.580. The maximum atomic E-state index is 5.79. The average molecular weight is 189 g/mol. The first kappa shape index (κ1) is 9.51. The maximum Gasteiger partial charge on any atom is 0.127 e. The Morgan fingerprint density at radius 1 is 1.75 bits per heavy atom. The predicted molar refractivity (Wildman–Crippen MR) is 49.0 cm³/mol. The van der Waals surface area contributed by atoms with E-state index in [2.05, 4.69) is 10.4 Å². The summed E-state index contributed by atoms with van der Waals surface area (Å²) >= 11 is 5.79. The summed E-state index contributed by atoms with van der Waals surface area (Å²) in [5.74, 6) is 0. The number of halogens is 1. The van der Waals surface area contributed by atoms with Gasteiger partial charge in [-0.15, -0.1) is 0 Å². The van der Waals surface area contributed by atoms with Crippen LogP contribution in [-0.2, 0) is 13.6 Å². The van der Waals surface area contributed by atoms with Crippen LogP contribution in [0.2, 0.25) is 5.15 Å². The monoisotopic (exact) mass is 188 g/mol. The van der Waals surface area contributed by atoms with Crippen LogP contribution in [-0.4, -0.2) is 22.9 Å². The Labute approximate surface area is 76.7 Å². The summed E-state index contributed by atoms with van der Waals surface area (Å²) < 4.78 is 1.64. The van der Waals surface area contributed by atoms with Crippen molar-refractivity contribution in [3.05, 3.63) is 16.9 Å². The molecule has 1 rings (SSSR count).